The van der Waals surface area contributed by atoms with Crippen LogP contribution in [0.5, 0.6) is 5.75 Å². The zero-order valence-electron chi connectivity index (χ0n) is 19.0. The lowest BCUT2D eigenvalue weighted by Gasteiger charge is -2.35. The summed E-state index contributed by atoms with van der Waals surface area (Å²) in [4.78, 5) is 6.89. The minimum Gasteiger partial charge on any atom is -0.497 e. The fraction of sp³-hybridized carbons (Fsp3) is 0.565. The second-order valence-corrected chi connectivity index (χ2v) is 7.76. The number of guanidine groups is 1. The Bertz CT molecular complexity index is 859. The first-order valence-electron chi connectivity index (χ1n) is 11.0. The predicted octanol–water partition coefficient (Wildman–Crippen LogP) is 2.89. The Morgan fingerprint density at radius 2 is 2.13 bits per heavy atom. The van der Waals surface area contributed by atoms with Crippen LogP contribution < -0.4 is 20.3 Å². The third-order valence-corrected chi connectivity index (χ3v) is 5.86. The number of hydrogen-bond acceptors (Lipinski definition) is 4. The summed E-state index contributed by atoms with van der Waals surface area (Å²) in [6, 6.07) is 8.65. The van der Waals surface area contributed by atoms with Gasteiger partial charge in [0.25, 0.3) is 0 Å². The molecule has 1 aliphatic rings. The van der Waals surface area contributed by atoms with Gasteiger partial charge in [-0.2, -0.15) is 5.10 Å². The van der Waals surface area contributed by atoms with Crippen LogP contribution in [0.2, 0.25) is 0 Å². The molecule has 1 aliphatic heterocycles. The second kappa shape index (κ2) is 10.4. The summed E-state index contributed by atoms with van der Waals surface area (Å²) in [5, 5.41) is 11.8. The number of nitrogens with zero attached hydrogens (tertiary/aromatic N) is 4. The number of ether oxygens (including phenoxy) is 1. The van der Waals surface area contributed by atoms with Crippen LogP contribution >= 0.6 is 0 Å². The van der Waals surface area contributed by atoms with Crippen LogP contribution in [0.15, 0.2) is 29.3 Å². The molecule has 1 atom stereocenters. The maximum atomic E-state index is 5.39. The van der Waals surface area contributed by atoms with Gasteiger partial charge < -0.3 is 20.3 Å². The molecule has 7 heteroatoms. The van der Waals surface area contributed by atoms with Crippen LogP contribution in [0.4, 0.5) is 5.69 Å². The Balaban J connectivity index is 1.62. The van der Waals surface area contributed by atoms with Gasteiger partial charge in [-0.05, 0) is 37.8 Å². The van der Waals surface area contributed by atoms with Gasteiger partial charge in [-0.1, -0.05) is 19.9 Å². The summed E-state index contributed by atoms with van der Waals surface area (Å²) in [6.07, 6.45) is 4.20. The smallest absolute Gasteiger partial charge is 0.191 e. The van der Waals surface area contributed by atoms with Crippen molar-refractivity contribution < 1.29 is 4.74 Å². The third kappa shape index (κ3) is 5.07. The maximum Gasteiger partial charge on any atom is 0.191 e. The van der Waals surface area contributed by atoms with Crippen molar-refractivity contribution in [3.63, 3.8) is 0 Å². The van der Waals surface area contributed by atoms with Crippen LogP contribution in [0.25, 0.3) is 0 Å². The van der Waals surface area contributed by atoms with Crippen molar-refractivity contribution >= 4 is 11.6 Å². The minimum atomic E-state index is 0.348. The fourth-order valence-electron chi connectivity index (χ4n) is 4.29. The van der Waals surface area contributed by atoms with E-state index in [-0.39, 0.29) is 0 Å². The molecule has 0 aliphatic carbocycles. The van der Waals surface area contributed by atoms with Crippen molar-refractivity contribution in [1.82, 2.24) is 20.4 Å². The lowest BCUT2D eigenvalue weighted by Crippen LogP contribution is -2.51. The van der Waals surface area contributed by atoms with Crippen LogP contribution in [-0.4, -0.2) is 49.0 Å². The van der Waals surface area contributed by atoms with Gasteiger partial charge in [0.1, 0.15) is 5.75 Å². The molecule has 164 valence electrons. The van der Waals surface area contributed by atoms with E-state index in [0.29, 0.717) is 6.04 Å². The van der Waals surface area contributed by atoms with Gasteiger partial charge in [0, 0.05) is 62.8 Å². The Labute approximate surface area is 180 Å². The second-order valence-electron chi connectivity index (χ2n) is 7.76. The number of benzene rings is 1. The van der Waals surface area contributed by atoms with Gasteiger partial charge in [0.15, 0.2) is 5.96 Å². The van der Waals surface area contributed by atoms with Crippen molar-refractivity contribution in [2.45, 2.75) is 52.1 Å². The highest BCUT2D eigenvalue weighted by Gasteiger charge is 2.22. The summed E-state index contributed by atoms with van der Waals surface area (Å²) in [5.41, 5.74) is 4.96. The quantitative estimate of drug-likeness (QED) is 0.541. The average molecular weight is 413 g/mol. The van der Waals surface area contributed by atoms with Gasteiger partial charge in [-0.15, -0.1) is 0 Å². The van der Waals surface area contributed by atoms with Crippen LogP contribution in [0.3, 0.4) is 0 Å². The molecule has 0 radical (unpaired) electrons. The minimum absolute atomic E-state index is 0.348. The van der Waals surface area contributed by atoms with E-state index in [1.165, 1.54) is 22.6 Å². The molecule has 1 fully saturated rings. The van der Waals surface area contributed by atoms with E-state index in [4.69, 9.17) is 4.74 Å². The molecular weight excluding hydrogens is 376 g/mol. The van der Waals surface area contributed by atoms with Crippen molar-refractivity contribution in [3.8, 4) is 5.75 Å². The summed E-state index contributed by atoms with van der Waals surface area (Å²) in [7, 11) is 5.58. The van der Waals surface area contributed by atoms with Crippen LogP contribution in [0.1, 0.15) is 43.6 Å². The molecule has 1 aromatic heterocycles. The predicted molar refractivity (Wildman–Crippen MR) is 124 cm³/mol. The van der Waals surface area contributed by atoms with E-state index in [1.807, 2.05) is 24.8 Å². The summed E-state index contributed by atoms with van der Waals surface area (Å²) in [6.45, 7) is 7.09. The molecule has 2 aromatic rings. The fourth-order valence-corrected chi connectivity index (χ4v) is 4.29. The normalized spacial score (nSPS) is 17.2. The Morgan fingerprint density at radius 3 is 2.83 bits per heavy atom. The first-order valence-corrected chi connectivity index (χ1v) is 11.0. The molecule has 0 amide bonds. The Hall–Kier alpha value is -2.70. The molecule has 1 aromatic carbocycles. The first kappa shape index (κ1) is 22.0. The van der Waals surface area contributed by atoms with Crippen molar-refractivity contribution in [2.75, 3.05) is 32.1 Å². The lowest BCUT2D eigenvalue weighted by molar-refractivity contribution is 0.414. The van der Waals surface area contributed by atoms with Gasteiger partial charge >= 0.3 is 0 Å². The van der Waals surface area contributed by atoms with E-state index in [9.17, 15) is 0 Å². The molecule has 2 heterocycles. The number of nitrogens with one attached hydrogen (secondary N) is 2. The van der Waals surface area contributed by atoms with Gasteiger partial charge in [-0.3, -0.25) is 9.67 Å². The average Bonchev–Trinajstić information content (AvgIpc) is 3.11. The number of aromatic nitrogens is 2. The highest BCUT2D eigenvalue weighted by Crippen LogP contribution is 2.24. The number of anilines is 1. The van der Waals surface area contributed by atoms with E-state index < -0.39 is 0 Å². The number of rotatable bonds is 7. The molecule has 0 saturated carbocycles. The van der Waals surface area contributed by atoms with Gasteiger partial charge in [-0.25, -0.2) is 0 Å². The highest BCUT2D eigenvalue weighted by molar-refractivity contribution is 5.80. The molecule has 1 saturated heterocycles. The topological polar surface area (TPSA) is 66.7 Å². The first-order chi connectivity index (χ1) is 14.6. The SMILES string of the molecule is CCc1nn(C)c(CC)c1CNC(=NC)NC1CCCN(c2cccc(OC)c2)C1. The molecule has 30 heavy (non-hydrogen) atoms. The van der Waals surface area contributed by atoms with Crippen LogP contribution in [-0.2, 0) is 26.4 Å². The van der Waals surface area contributed by atoms with E-state index >= 15 is 0 Å². The van der Waals surface area contributed by atoms with Crippen molar-refractivity contribution in [1.29, 1.82) is 0 Å². The molecule has 0 spiro atoms. The highest BCUT2D eigenvalue weighted by atomic mass is 16.5. The third-order valence-electron chi connectivity index (χ3n) is 5.86. The van der Waals surface area contributed by atoms with E-state index in [1.54, 1.807) is 7.11 Å². The molecular formula is C23H36N6O. The van der Waals surface area contributed by atoms with E-state index in [0.717, 1.165) is 57.0 Å². The molecule has 3 rings (SSSR count). The lowest BCUT2D eigenvalue weighted by atomic mass is 10.0. The van der Waals surface area contributed by atoms with Crippen LogP contribution in [0, 0.1) is 0 Å². The van der Waals surface area contributed by atoms with Gasteiger partial charge in [0.05, 0.1) is 12.8 Å². The zero-order valence-corrected chi connectivity index (χ0v) is 19.0. The standard InChI is InChI=1S/C23H36N6O/c1-6-21-20(22(7-2)28(4)27-21)15-25-23(24-3)26-17-10-9-13-29(16-17)18-11-8-12-19(14-18)30-5/h8,11-12,14,17H,6-7,9-10,13,15-16H2,1-5H3,(H2,24,25,26). The number of aryl methyl sites for hydroxylation is 2. The van der Waals surface area contributed by atoms with Gasteiger partial charge in [0.2, 0.25) is 0 Å². The summed E-state index contributed by atoms with van der Waals surface area (Å²) < 4.78 is 7.40. The molecule has 2 N–H and O–H groups in total. The number of hydrogen-bond donors (Lipinski definition) is 2. The summed E-state index contributed by atoms with van der Waals surface area (Å²) >= 11 is 0. The van der Waals surface area contributed by atoms with Crippen molar-refractivity contribution in [3.05, 3.63) is 41.2 Å². The molecule has 1 unspecified atom stereocenters. The monoisotopic (exact) mass is 412 g/mol. The molecule has 0 bridgehead atoms. The Morgan fingerprint density at radius 1 is 1.30 bits per heavy atom. The number of aliphatic imine (C=N–C) groups is 1. The largest absolute Gasteiger partial charge is 0.497 e. The zero-order chi connectivity index (χ0) is 21.5. The summed E-state index contributed by atoms with van der Waals surface area (Å²) in [5.74, 6) is 1.75. The number of piperidine rings is 1. The van der Waals surface area contributed by atoms with Crippen molar-refractivity contribution in [2.24, 2.45) is 12.0 Å². The maximum absolute atomic E-state index is 5.39. The molecule has 7 nitrogen and oxygen atoms in total. The Kier molecular flexibility index (Phi) is 7.60. The number of methoxy groups -OCH3 is 1. The van der Waals surface area contributed by atoms with E-state index in [2.05, 4.69) is 57.7 Å².